The summed E-state index contributed by atoms with van der Waals surface area (Å²) in [6.07, 6.45) is 2.93. The quantitative estimate of drug-likeness (QED) is 0.474. The van der Waals surface area contributed by atoms with E-state index in [1.54, 1.807) is 35.0 Å². The Morgan fingerprint density at radius 2 is 1.70 bits per heavy atom. The zero-order valence-electron chi connectivity index (χ0n) is 17.1. The second-order valence-corrected chi connectivity index (χ2v) is 6.64. The van der Waals surface area contributed by atoms with Crippen LogP contribution in [0.15, 0.2) is 60.7 Å². The highest BCUT2D eigenvalue weighted by molar-refractivity contribution is 5.94. The Hall–Kier alpha value is -3.87. The number of aryl methyl sites for hydroxylation is 2. The number of hydrogen-bond donors (Lipinski definition) is 1. The van der Waals surface area contributed by atoms with E-state index in [0.717, 1.165) is 22.7 Å². The van der Waals surface area contributed by atoms with Crippen molar-refractivity contribution >= 4 is 23.6 Å². The van der Waals surface area contributed by atoms with Crippen LogP contribution in [-0.2, 0) is 21.4 Å². The van der Waals surface area contributed by atoms with Gasteiger partial charge < -0.3 is 14.8 Å². The van der Waals surface area contributed by atoms with Crippen LogP contribution in [-0.4, -0.2) is 28.3 Å². The third-order valence-electron chi connectivity index (χ3n) is 4.41. The molecule has 1 aromatic heterocycles. The van der Waals surface area contributed by atoms with Crippen molar-refractivity contribution in [1.82, 2.24) is 9.78 Å². The van der Waals surface area contributed by atoms with E-state index in [-0.39, 0.29) is 6.61 Å². The number of nitrogens with one attached hydrogen (secondary N) is 1. The van der Waals surface area contributed by atoms with Gasteiger partial charge in [-0.15, -0.1) is 0 Å². The number of benzene rings is 2. The molecule has 0 unspecified atom stereocenters. The normalized spacial score (nSPS) is 10.8. The summed E-state index contributed by atoms with van der Waals surface area (Å²) in [6.45, 7) is 3.40. The van der Waals surface area contributed by atoms with Crippen LogP contribution >= 0.6 is 0 Å². The van der Waals surface area contributed by atoms with Gasteiger partial charge in [-0.3, -0.25) is 9.48 Å². The number of aromatic nitrogens is 2. The Bertz CT molecular complexity index is 1050. The monoisotopic (exact) mass is 405 g/mol. The van der Waals surface area contributed by atoms with Gasteiger partial charge in [0.25, 0.3) is 5.91 Å². The van der Waals surface area contributed by atoms with Gasteiger partial charge in [0.15, 0.2) is 6.61 Å². The van der Waals surface area contributed by atoms with E-state index in [1.807, 2.05) is 51.2 Å². The SMILES string of the molecule is Cc1nn(C)c(C)c1/C=C/C(=O)OCC(=O)Nc1ccc(Oc2ccccc2)cc1. The second kappa shape index (κ2) is 9.56. The lowest BCUT2D eigenvalue weighted by Crippen LogP contribution is -2.20. The average molecular weight is 405 g/mol. The first-order chi connectivity index (χ1) is 14.4. The molecule has 1 amide bonds. The molecule has 7 heteroatoms. The molecule has 2 aromatic carbocycles. The summed E-state index contributed by atoms with van der Waals surface area (Å²) in [5.41, 5.74) is 3.19. The molecule has 7 nitrogen and oxygen atoms in total. The summed E-state index contributed by atoms with van der Waals surface area (Å²) in [5, 5.41) is 6.95. The zero-order chi connectivity index (χ0) is 21.5. The van der Waals surface area contributed by atoms with E-state index in [1.165, 1.54) is 6.08 Å². The molecule has 1 N–H and O–H groups in total. The van der Waals surface area contributed by atoms with Gasteiger partial charge in [-0.2, -0.15) is 5.10 Å². The first-order valence-electron chi connectivity index (χ1n) is 9.40. The molecule has 0 aliphatic rings. The number of rotatable bonds is 7. The van der Waals surface area contributed by atoms with Crippen molar-refractivity contribution in [2.45, 2.75) is 13.8 Å². The first-order valence-corrected chi connectivity index (χ1v) is 9.40. The van der Waals surface area contributed by atoms with Gasteiger partial charge in [0, 0.05) is 30.1 Å². The molecule has 0 aliphatic carbocycles. The van der Waals surface area contributed by atoms with Gasteiger partial charge in [0.2, 0.25) is 0 Å². The average Bonchev–Trinajstić information content (AvgIpc) is 2.98. The minimum atomic E-state index is -0.598. The highest BCUT2D eigenvalue weighted by Crippen LogP contribution is 2.22. The maximum atomic E-state index is 12.0. The highest BCUT2D eigenvalue weighted by Gasteiger charge is 2.09. The van der Waals surface area contributed by atoms with Crippen LogP contribution in [0.4, 0.5) is 5.69 Å². The van der Waals surface area contributed by atoms with Crippen molar-refractivity contribution in [3.05, 3.63) is 77.6 Å². The molecule has 0 spiro atoms. The van der Waals surface area contributed by atoms with Gasteiger partial charge in [-0.25, -0.2) is 4.79 Å². The number of ether oxygens (including phenoxy) is 2. The molecular weight excluding hydrogens is 382 g/mol. The third kappa shape index (κ3) is 5.57. The van der Waals surface area contributed by atoms with Crippen LogP contribution < -0.4 is 10.1 Å². The second-order valence-electron chi connectivity index (χ2n) is 6.64. The molecule has 0 bridgehead atoms. The lowest BCUT2D eigenvalue weighted by molar-refractivity contribution is -0.142. The Balaban J connectivity index is 1.47. The molecule has 3 aromatic rings. The Morgan fingerprint density at radius 3 is 2.33 bits per heavy atom. The van der Waals surface area contributed by atoms with Gasteiger partial charge in [0.05, 0.1) is 5.69 Å². The predicted octanol–water partition coefficient (Wildman–Crippen LogP) is 4.02. The minimum Gasteiger partial charge on any atom is -0.457 e. The standard InChI is InChI=1S/C23H23N3O4/c1-16-21(17(2)26(3)25-16)13-14-23(28)29-15-22(27)24-18-9-11-20(12-10-18)30-19-7-5-4-6-8-19/h4-14H,15H2,1-3H3,(H,24,27)/b14-13+. The largest absolute Gasteiger partial charge is 0.457 e. The summed E-state index contributed by atoms with van der Waals surface area (Å²) in [6, 6.07) is 16.3. The van der Waals surface area contributed by atoms with Crippen molar-refractivity contribution in [2.75, 3.05) is 11.9 Å². The number of para-hydroxylation sites is 1. The molecule has 0 saturated heterocycles. The lowest BCUT2D eigenvalue weighted by atomic mass is 10.2. The number of nitrogens with zero attached hydrogens (tertiary/aromatic N) is 2. The summed E-state index contributed by atoms with van der Waals surface area (Å²) < 4.78 is 12.4. The molecule has 30 heavy (non-hydrogen) atoms. The number of carbonyl (C=O) groups excluding carboxylic acids is 2. The van der Waals surface area contributed by atoms with Gasteiger partial charge in [-0.05, 0) is 56.3 Å². The fourth-order valence-electron chi connectivity index (χ4n) is 2.80. The van der Waals surface area contributed by atoms with Crippen molar-refractivity contribution in [3.63, 3.8) is 0 Å². The summed E-state index contributed by atoms with van der Waals surface area (Å²) >= 11 is 0. The third-order valence-corrected chi connectivity index (χ3v) is 4.41. The predicted molar refractivity (Wildman–Crippen MR) is 114 cm³/mol. The Kier molecular flexibility index (Phi) is 6.64. The maximum absolute atomic E-state index is 12.0. The molecule has 0 atom stereocenters. The summed E-state index contributed by atoms with van der Waals surface area (Å²) in [7, 11) is 1.84. The molecule has 0 aliphatic heterocycles. The van der Waals surface area contributed by atoms with Crippen molar-refractivity contribution in [1.29, 1.82) is 0 Å². The molecule has 1 heterocycles. The van der Waals surface area contributed by atoms with Crippen molar-refractivity contribution in [3.8, 4) is 11.5 Å². The van der Waals surface area contributed by atoms with Crippen molar-refractivity contribution < 1.29 is 19.1 Å². The topological polar surface area (TPSA) is 82.5 Å². The highest BCUT2D eigenvalue weighted by atomic mass is 16.5. The van der Waals surface area contributed by atoms with Crippen LogP contribution in [0.5, 0.6) is 11.5 Å². The van der Waals surface area contributed by atoms with E-state index in [0.29, 0.717) is 11.4 Å². The van der Waals surface area contributed by atoms with E-state index < -0.39 is 11.9 Å². The van der Waals surface area contributed by atoms with Crippen molar-refractivity contribution in [2.24, 2.45) is 7.05 Å². The van der Waals surface area contributed by atoms with Crippen LogP contribution in [0.1, 0.15) is 17.0 Å². The Labute approximate surface area is 174 Å². The number of anilines is 1. The van der Waals surface area contributed by atoms with Gasteiger partial charge in [-0.1, -0.05) is 18.2 Å². The smallest absolute Gasteiger partial charge is 0.331 e. The molecule has 0 radical (unpaired) electrons. The fraction of sp³-hybridized carbons (Fsp3) is 0.174. The van der Waals surface area contributed by atoms with Crippen LogP contribution in [0.25, 0.3) is 6.08 Å². The summed E-state index contributed by atoms with van der Waals surface area (Å²) in [5.74, 6) is 0.351. The number of amides is 1. The minimum absolute atomic E-state index is 0.379. The van der Waals surface area contributed by atoms with E-state index >= 15 is 0 Å². The van der Waals surface area contributed by atoms with Crippen LogP contribution in [0, 0.1) is 13.8 Å². The summed E-state index contributed by atoms with van der Waals surface area (Å²) in [4.78, 5) is 23.9. The zero-order valence-corrected chi connectivity index (χ0v) is 17.1. The van der Waals surface area contributed by atoms with Crippen LogP contribution in [0.2, 0.25) is 0 Å². The molecule has 0 saturated carbocycles. The van der Waals surface area contributed by atoms with Gasteiger partial charge >= 0.3 is 5.97 Å². The lowest BCUT2D eigenvalue weighted by Gasteiger charge is -2.08. The number of esters is 1. The Morgan fingerprint density at radius 1 is 1.03 bits per heavy atom. The molecule has 0 fully saturated rings. The van der Waals surface area contributed by atoms with E-state index in [2.05, 4.69) is 10.4 Å². The van der Waals surface area contributed by atoms with Gasteiger partial charge in [0.1, 0.15) is 11.5 Å². The van der Waals surface area contributed by atoms with E-state index in [4.69, 9.17) is 9.47 Å². The fourth-order valence-corrected chi connectivity index (χ4v) is 2.80. The molecule has 3 rings (SSSR count). The van der Waals surface area contributed by atoms with Crippen LogP contribution in [0.3, 0.4) is 0 Å². The maximum Gasteiger partial charge on any atom is 0.331 e. The number of hydrogen-bond acceptors (Lipinski definition) is 5. The number of carbonyl (C=O) groups is 2. The first kappa shape index (κ1) is 20.9. The molecule has 154 valence electrons. The van der Waals surface area contributed by atoms with E-state index in [9.17, 15) is 9.59 Å². The molecular formula is C23H23N3O4.